The molecule has 0 amide bonds. The molecular weight excluding hydrogens is 686 g/mol. The van der Waals surface area contributed by atoms with Gasteiger partial charge in [0.15, 0.2) is 17.4 Å². The van der Waals surface area contributed by atoms with Crippen LogP contribution in [0.25, 0.3) is 22.2 Å². The fraction of sp³-hybridized carbons (Fsp3) is 0.542. The maximum Gasteiger partial charge on any atom is 0.386 e. The minimum atomic E-state index is -4.19. The molecule has 248 valence electrons. The average molecular weight is 717 g/mol. The van der Waals surface area contributed by atoms with E-state index in [1.165, 1.54) is 17.2 Å². The predicted molar refractivity (Wildman–Crippen MR) is 168 cm³/mol. The van der Waals surface area contributed by atoms with E-state index >= 15 is 0 Å². The first-order valence-electron chi connectivity index (χ1n) is 14.3. The lowest BCUT2D eigenvalue weighted by atomic mass is 10.1. The highest BCUT2D eigenvalue weighted by Crippen LogP contribution is 2.57. The molecule has 7 heterocycles. The van der Waals surface area contributed by atoms with Crippen LogP contribution in [0.3, 0.4) is 0 Å². The van der Waals surface area contributed by atoms with Crippen molar-refractivity contribution in [2.24, 2.45) is 0 Å². The quantitative estimate of drug-likeness (QED) is 0.101. The van der Waals surface area contributed by atoms with Crippen molar-refractivity contribution in [3.05, 3.63) is 41.1 Å². The van der Waals surface area contributed by atoms with Gasteiger partial charge in [0.2, 0.25) is 0 Å². The number of thiol groups is 1. The summed E-state index contributed by atoms with van der Waals surface area (Å²) in [5.41, 5.74) is 1.47. The molecular formula is C24H30N8O10P2S2. The summed E-state index contributed by atoms with van der Waals surface area (Å²) < 4.78 is 45.3. The summed E-state index contributed by atoms with van der Waals surface area (Å²) in [6, 6.07) is 0. The van der Waals surface area contributed by atoms with Crippen LogP contribution in [-0.4, -0.2) is 93.1 Å². The van der Waals surface area contributed by atoms with Crippen molar-refractivity contribution in [1.29, 1.82) is 0 Å². The fourth-order valence-electron chi connectivity index (χ4n) is 5.98. The van der Waals surface area contributed by atoms with Gasteiger partial charge in [0.25, 0.3) is 5.56 Å². The number of aromatic amines is 1. The summed E-state index contributed by atoms with van der Waals surface area (Å²) >= 11 is 8.66. The topological polar surface area (TPSA) is 230 Å². The van der Waals surface area contributed by atoms with Crippen LogP contribution in [0.5, 0.6) is 0 Å². The van der Waals surface area contributed by atoms with Crippen molar-refractivity contribution in [2.45, 2.75) is 62.6 Å². The number of hydrogen-bond donors (Lipinski definition) is 6. The van der Waals surface area contributed by atoms with Gasteiger partial charge in [0, 0.05) is 12.7 Å². The van der Waals surface area contributed by atoms with E-state index in [0.29, 0.717) is 12.8 Å². The van der Waals surface area contributed by atoms with Gasteiger partial charge in [-0.25, -0.2) is 24.5 Å². The van der Waals surface area contributed by atoms with E-state index in [1.807, 2.05) is 10.8 Å². The number of aliphatic hydroxyl groups excluding tert-OH is 1. The van der Waals surface area contributed by atoms with Crippen molar-refractivity contribution in [1.82, 2.24) is 34.1 Å². The molecule has 7 rings (SSSR count). The third kappa shape index (κ3) is 6.42. The van der Waals surface area contributed by atoms with Crippen LogP contribution in [0.2, 0.25) is 0 Å². The van der Waals surface area contributed by atoms with Gasteiger partial charge < -0.3 is 43.8 Å². The van der Waals surface area contributed by atoms with Crippen LogP contribution in [-0.2, 0) is 45.8 Å². The number of H-pyrrole nitrogens is 1. The first kappa shape index (κ1) is 32.2. The zero-order valence-electron chi connectivity index (χ0n) is 23.9. The first-order chi connectivity index (χ1) is 22.0. The third-order valence-corrected chi connectivity index (χ3v) is 10.5. The Labute approximate surface area is 270 Å². The number of aromatic nitrogens is 7. The number of anilines is 1. The normalized spacial score (nSPS) is 28.0. The summed E-state index contributed by atoms with van der Waals surface area (Å²) in [7, 11) is 0. The molecule has 0 bridgehead atoms. The Balaban J connectivity index is 1.05. The molecule has 4 aromatic heterocycles. The van der Waals surface area contributed by atoms with E-state index in [2.05, 4.69) is 54.3 Å². The van der Waals surface area contributed by atoms with E-state index in [0.717, 1.165) is 48.1 Å². The molecule has 0 radical (unpaired) electrons. The fourth-order valence-corrected chi connectivity index (χ4v) is 7.98. The van der Waals surface area contributed by atoms with Gasteiger partial charge in [0.05, 0.1) is 37.4 Å². The number of fused-ring (bicyclic) bond motifs is 1. The van der Waals surface area contributed by atoms with Crippen molar-refractivity contribution < 1.29 is 42.5 Å². The number of nitrogens with zero attached hydrogens (tertiary/aromatic N) is 6. The number of imidazole rings is 1. The standard InChI is InChI=1S/C24H30N8O10P2S2/c33-18-14(8-38-43(35,36)45)41-24(32-11-30-17-22(32)28-10-29-23(17)34)19(18)42-44(37,46)39-7-13-3-4-15(40-13)31-6-12-2-1-5-25-20-16(12)21(31)27-9-26-20/h6,9-11,13-15,18-19,24,33H,1-5,7-8H2,(H,37,46)(H,25,26,27)(H,28,29,34)(H2,35,36,45)/t13-,14+,15+,18+,19+,24+,44?/m0/s1. The SMILES string of the molecule is O=c1[nH]cnc2c1ncn2[C@@H]1O[C@H](COP(O)(O)=S)[C@@H](O)[C@H]1OP(=O)(S)OC[C@@H]1CC[C@H](n2cc3c4c(ncnc42)NCCC3)O1. The first-order valence-corrected chi connectivity index (χ1v) is 19.6. The Kier molecular flexibility index (Phi) is 8.84. The van der Waals surface area contributed by atoms with E-state index in [4.69, 9.17) is 23.0 Å². The smallest absolute Gasteiger partial charge is 0.386 e. The second-order valence-electron chi connectivity index (χ2n) is 11.0. The Morgan fingerprint density at radius 3 is 2.78 bits per heavy atom. The zero-order valence-corrected chi connectivity index (χ0v) is 27.4. The van der Waals surface area contributed by atoms with Gasteiger partial charge in [-0.05, 0) is 43.1 Å². The molecule has 0 aromatic carbocycles. The average Bonchev–Trinajstić information content (AvgIpc) is 3.76. The molecule has 0 aliphatic carbocycles. The second-order valence-corrected chi connectivity index (χ2v) is 16.6. The Morgan fingerprint density at radius 2 is 1.96 bits per heavy atom. The molecule has 0 spiro atoms. The Hall–Kier alpha value is -2.32. The van der Waals surface area contributed by atoms with Gasteiger partial charge >= 0.3 is 13.5 Å². The van der Waals surface area contributed by atoms with Gasteiger partial charge in [-0.3, -0.25) is 18.4 Å². The highest BCUT2D eigenvalue weighted by molar-refractivity contribution is 8.44. The Bertz CT molecular complexity index is 1920. The summed E-state index contributed by atoms with van der Waals surface area (Å²) in [5, 5.41) is 15.4. The molecule has 22 heteroatoms. The molecule has 1 unspecified atom stereocenters. The van der Waals surface area contributed by atoms with E-state index in [1.54, 1.807) is 0 Å². The molecule has 18 nitrogen and oxygen atoms in total. The van der Waals surface area contributed by atoms with Crippen LogP contribution in [0, 0.1) is 0 Å². The Morgan fingerprint density at radius 1 is 1.11 bits per heavy atom. The molecule has 46 heavy (non-hydrogen) atoms. The molecule has 2 fully saturated rings. The maximum absolute atomic E-state index is 13.5. The molecule has 3 aliphatic heterocycles. The number of aliphatic hydroxyl groups is 1. The number of ether oxygens (including phenoxy) is 2. The summed E-state index contributed by atoms with van der Waals surface area (Å²) in [6.45, 7) is -8.11. The van der Waals surface area contributed by atoms with Crippen LogP contribution in [0.1, 0.15) is 37.3 Å². The highest BCUT2D eigenvalue weighted by atomic mass is 32.7. The number of rotatable bonds is 10. The third-order valence-electron chi connectivity index (χ3n) is 8.04. The predicted octanol–water partition coefficient (Wildman–Crippen LogP) is 1.52. The molecule has 4 aromatic rings. The van der Waals surface area contributed by atoms with Gasteiger partial charge in [-0.15, -0.1) is 0 Å². The molecule has 7 atom stereocenters. The molecule has 0 saturated carbocycles. The highest BCUT2D eigenvalue weighted by Gasteiger charge is 2.49. The van der Waals surface area contributed by atoms with Crippen molar-refractivity contribution >= 4 is 65.6 Å². The largest absolute Gasteiger partial charge is 0.387 e. The summed E-state index contributed by atoms with van der Waals surface area (Å²) in [4.78, 5) is 50.8. The molecule has 5 N–H and O–H groups in total. The van der Waals surface area contributed by atoms with Crippen molar-refractivity contribution in [2.75, 3.05) is 25.1 Å². The minimum absolute atomic E-state index is 0.0165. The summed E-state index contributed by atoms with van der Waals surface area (Å²) in [6.07, 6.45) is 2.89. The van der Waals surface area contributed by atoms with Crippen LogP contribution >= 0.6 is 25.8 Å². The van der Waals surface area contributed by atoms with Gasteiger partial charge in [-0.1, -0.05) is 12.2 Å². The van der Waals surface area contributed by atoms with E-state index in [-0.39, 0.29) is 24.0 Å². The van der Waals surface area contributed by atoms with Gasteiger partial charge in [-0.2, -0.15) is 0 Å². The van der Waals surface area contributed by atoms with Crippen molar-refractivity contribution in [3.63, 3.8) is 0 Å². The summed E-state index contributed by atoms with van der Waals surface area (Å²) in [5.74, 6) is 0.802. The van der Waals surface area contributed by atoms with Gasteiger partial charge in [0.1, 0.15) is 42.3 Å². The monoisotopic (exact) mass is 716 g/mol. The minimum Gasteiger partial charge on any atom is -0.387 e. The lowest BCUT2D eigenvalue weighted by Crippen LogP contribution is -2.35. The lowest BCUT2D eigenvalue weighted by Gasteiger charge is -2.25. The number of nitrogens with one attached hydrogen (secondary N) is 2. The van der Waals surface area contributed by atoms with Crippen LogP contribution in [0.15, 0.2) is 30.0 Å². The van der Waals surface area contributed by atoms with Crippen molar-refractivity contribution in [3.8, 4) is 0 Å². The number of aryl methyl sites for hydroxylation is 1. The lowest BCUT2D eigenvalue weighted by molar-refractivity contribution is -0.0479. The second kappa shape index (κ2) is 12.6. The zero-order chi connectivity index (χ0) is 32.2. The van der Waals surface area contributed by atoms with Crippen LogP contribution < -0.4 is 10.9 Å². The van der Waals surface area contributed by atoms with E-state index < -0.39 is 56.3 Å². The van der Waals surface area contributed by atoms with E-state index in [9.17, 15) is 24.3 Å². The van der Waals surface area contributed by atoms with Crippen LogP contribution in [0.4, 0.5) is 5.82 Å². The molecule has 3 aliphatic rings. The maximum atomic E-state index is 13.5. The number of hydrogen-bond acceptors (Lipinski definition) is 14. The molecule has 2 saturated heterocycles.